The van der Waals surface area contributed by atoms with Crippen LogP contribution in [0.4, 0.5) is 4.39 Å². The van der Waals surface area contributed by atoms with Gasteiger partial charge in [-0.05, 0) is 56.7 Å². The number of hydrogen-bond donors (Lipinski definition) is 1. The molecule has 0 saturated carbocycles. The maximum atomic E-state index is 13.2. The average Bonchev–Trinajstić information content (AvgIpc) is 2.43. The summed E-state index contributed by atoms with van der Waals surface area (Å²) in [5, 5.41) is 3.52. The van der Waals surface area contributed by atoms with E-state index in [1.807, 2.05) is 6.07 Å². The van der Waals surface area contributed by atoms with Crippen molar-refractivity contribution in [3.8, 4) is 0 Å². The van der Waals surface area contributed by atoms with Gasteiger partial charge in [0.1, 0.15) is 5.82 Å². The molecule has 0 amide bonds. The number of hydrogen-bond acceptors (Lipinski definition) is 2. The van der Waals surface area contributed by atoms with Gasteiger partial charge in [-0.15, -0.1) is 0 Å². The van der Waals surface area contributed by atoms with Crippen LogP contribution in [0.1, 0.15) is 45.2 Å². The lowest BCUT2D eigenvalue weighted by Crippen LogP contribution is -2.28. The van der Waals surface area contributed by atoms with Crippen molar-refractivity contribution in [3.05, 3.63) is 35.6 Å². The fourth-order valence-corrected chi connectivity index (χ4v) is 2.34. The second kappa shape index (κ2) is 9.05. The van der Waals surface area contributed by atoms with E-state index < -0.39 is 0 Å². The highest BCUT2D eigenvalue weighted by atomic mass is 19.1. The molecule has 0 bridgehead atoms. The molecule has 0 heterocycles. The first-order valence-electron chi connectivity index (χ1n) is 7.42. The molecule has 0 aromatic heterocycles. The zero-order valence-corrected chi connectivity index (χ0v) is 12.5. The Hall–Kier alpha value is -0.930. The molecule has 1 unspecified atom stereocenters. The molecule has 0 aliphatic heterocycles. The summed E-state index contributed by atoms with van der Waals surface area (Å²) in [5.41, 5.74) is 1.05. The predicted molar refractivity (Wildman–Crippen MR) is 79.8 cm³/mol. The summed E-state index contributed by atoms with van der Waals surface area (Å²) >= 11 is 0. The van der Waals surface area contributed by atoms with E-state index in [1.165, 1.54) is 6.07 Å². The molecule has 108 valence electrons. The average molecular weight is 266 g/mol. The van der Waals surface area contributed by atoms with Crippen LogP contribution < -0.4 is 5.32 Å². The zero-order valence-electron chi connectivity index (χ0n) is 12.5. The van der Waals surface area contributed by atoms with E-state index in [4.69, 9.17) is 0 Å². The highest BCUT2D eigenvalue weighted by Gasteiger charge is 2.09. The fraction of sp³-hybridized carbons (Fsp3) is 0.625. The Morgan fingerprint density at radius 2 is 1.95 bits per heavy atom. The second-order valence-electron chi connectivity index (χ2n) is 4.85. The van der Waals surface area contributed by atoms with Crippen molar-refractivity contribution < 1.29 is 4.39 Å². The summed E-state index contributed by atoms with van der Waals surface area (Å²) in [6, 6.07) is 7.16. The Bertz CT molecular complexity index is 350. The molecule has 1 atom stereocenters. The molecule has 1 aromatic rings. The van der Waals surface area contributed by atoms with Gasteiger partial charge in [0.15, 0.2) is 0 Å². The Morgan fingerprint density at radius 3 is 2.53 bits per heavy atom. The van der Waals surface area contributed by atoms with Crippen LogP contribution in [0.25, 0.3) is 0 Å². The summed E-state index contributed by atoms with van der Waals surface area (Å²) in [4.78, 5) is 2.42. The largest absolute Gasteiger partial charge is 0.310 e. The van der Waals surface area contributed by atoms with Crippen LogP contribution in [-0.2, 0) is 0 Å². The van der Waals surface area contributed by atoms with Gasteiger partial charge in [-0.1, -0.05) is 32.9 Å². The van der Waals surface area contributed by atoms with Crippen molar-refractivity contribution in [2.75, 3.05) is 26.2 Å². The number of halogens is 1. The minimum absolute atomic E-state index is 0.152. The molecule has 1 aromatic carbocycles. The van der Waals surface area contributed by atoms with Crippen LogP contribution in [0.3, 0.4) is 0 Å². The third-order valence-electron chi connectivity index (χ3n) is 3.60. The fourth-order valence-electron chi connectivity index (χ4n) is 2.34. The molecular weight excluding hydrogens is 239 g/mol. The maximum absolute atomic E-state index is 13.2. The third-order valence-corrected chi connectivity index (χ3v) is 3.60. The van der Waals surface area contributed by atoms with Gasteiger partial charge in [-0.2, -0.15) is 0 Å². The first-order valence-corrected chi connectivity index (χ1v) is 7.42. The summed E-state index contributed by atoms with van der Waals surface area (Å²) in [5.74, 6) is -0.152. The Balaban J connectivity index is 2.37. The minimum atomic E-state index is -0.152. The van der Waals surface area contributed by atoms with Crippen molar-refractivity contribution >= 4 is 0 Å². The normalized spacial score (nSPS) is 12.9. The minimum Gasteiger partial charge on any atom is -0.310 e. The van der Waals surface area contributed by atoms with Crippen LogP contribution >= 0.6 is 0 Å². The first kappa shape index (κ1) is 16.1. The van der Waals surface area contributed by atoms with Crippen molar-refractivity contribution in [2.45, 2.75) is 39.7 Å². The topological polar surface area (TPSA) is 15.3 Å². The number of benzene rings is 1. The molecule has 1 rings (SSSR count). The summed E-state index contributed by atoms with van der Waals surface area (Å²) in [6.45, 7) is 10.8. The summed E-state index contributed by atoms with van der Waals surface area (Å²) in [7, 11) is 0. The maximum Gasteiger partial charge on any atom is 0.123 e. The molecule has 1 N–H and O–H groups in total. The van der Waals surface area contributed by atoms with E-state index in [2.05, 4.69) is 31.0 Å². The quantitative estimate of drug-likeness (QED) is 0.687. The zero-order chi connectivity index (χ0) is 14.1. The van der Waals surface area contributed by atoms with Crippen LogP contribution in [0.5, 0.6) is 0 Å². The monoisotopic (exact) mass is 266 g/mol. The number of nitrogens with one attached hydrogen (secondary N) is 1. The van der Waals surface area contributed by atoms with Gasteiger partial charge in [0, 0.05) is 6.04 Å². The molecule has 0 saturated heterocycles. The van der Waals surface area contributed by atoms with Gasteiger partial charge in [0.25, 0.3) is 0 Å². The van der Waals surface area contributed by atoms with Crippen molar-refractivity contribution in [2.24, 2.45) is 0 Å². The van der Waals surface area contributed by atoms with Gasteiger partial charge in [-0.25, -0.2) is 4.39 Å². The highest BCUT2D eigenvalue weighted by molar-refractivity contribution is 5.19. The molecule has 19 heavy (non-hydrogen) atoms. The van der Waals surface area contributed by atoms with E-state index in [1.54, 1.807) is 12.1 Å². The van der Waals surface area contributed by atoms with E-state index in [0.29, 0.717) is 0 Å². The van der Waals surface area contributed by atoms with E-state index in [9.17, 15) is 4.39 Å². The number of nitrogens with zero attached hydrogens (tertiary/aromatic N) is 1. The van der Waals surface area contributed by atoms with Gasteiger partial charge >= 0.3 is 0 Å². The van der Waals surface area contributed by atoms with Crippen molar-refractivity contribution in [3.63, 3.8) is 0 Å². The molecule has 0 radical (unpaired) electrons. The third kappa shape index (κ3) is 5.70. The SMILES string of the molecule is CCC(NCCCN(CC)CC)c1cccc(F)c1. The molecule has 0 spiro atoms. The van der Waals surface area contributed by atoms with Crippen molar-refractivity contribution in [1.82, 2.24) is 10.2 Å². The Kier molecular flexibility index (Phi) is 7.68. The predicted octanol–water partition coefficient (Wildman–Crippen LogP) is 3.60. The molecule has 0 fully saturated rings. The Morgan fingerprint density at radius 1 is 1.21 bits per heavy atom. The van der Waals surface area contributed by atoms with Crippen LogP contribution in [0.15, 0.2) is 24.3 Å². The molecule has 3 heteroatoms. The summed E-state index contributed by atoms with van der Waals surface area (Å²) < 4.78 is 13.2. The smallest absolute Gasteiger partial charge is 0.123 e. The summed E-state index contributed by atoms with van der Waals surface area (Å²) in [6.07, 6.45) is 2.11. The standard InChI is InChI=1S/C16H27FN2/c1-4-16(14-9-7-10-15(17)13-14)18-11-8-12-19(5-2)6-3/h7,9-10,13,16,18H,4-6,8,11-12H2,1-3H3. The van der Waals surface area contributed by atoms with Crippen LogP contribution in [0.2, 0.25) is 0 Å². The van der Waals surface area contributed by atoms with Crippen LogP contribution in [0, 0.1) is 5.82 Å². The van der Waals surface area contributed by atoms with Gasteiger partial charge in [0.2, 0.25) is 0 Å². The first-order chi connectivity index (χ1) is 9.21. The molecule has 2 nitrogen and oxygen atoms in total. The van der Waals surface area contributed by atoms with E-state index in [0.717, 1.165) is 44.6 Å². The lowest BCUT2D eigenvalue weighted by molar-refractivity contribution is 0.295. The van der Waals surface area contributed by atoms with Crippen molar-refractivity contribution in [1.29, 1.82) is 0 Å². The highest BCUT2D eigenvalue weighted by Crippen LogP contribution is 2.17. The number of rotatable bonds is 9. The lowest BCUT2D eigenvalue weighted by atomic mass is 10.0. The molecular formula is C16H27FN2. The van der Waals surface area contributed by atoms with Gasteiger partial charge in [0.05, 0.1) is 0 Å². The van der Waals surface area contributed by atoms with Gasteiger partial charge < -0.3 is 10.2 Å². The second-order valence-corrected chi connectivity index (χ2v) is 4.85. The molecule has 0 aliphatic carbocycles. The van der Waals surface area contributed by atoms with E-state index >= 15 is 0 Å². The Labute approximate surface area is 117 Å². The lowest BCUT2D eigenvalue weighted by Gasteiger charge is -2.20. The van der Waals surface area contributed by atoms with E-state index in [-0.39, 0.29) is 11.9 Å². The van der Waals surface area contributed by atoms with Crippen LogP contribution in [-0.4, -0.2) is 31.1 Å². The molecule has 0 aliphatic rings. The van der Waals surface area contributed by atoms with Gasteiger partial charge in [-0.3, -0.25) is 0 Å².